The van der Waals surface area contributed by atoms with Crippen LogP contribution in [0.4, 0.5) is 5.69 Å². The number of nitrogens with two attached hydrogens (primary N) is 1. The number of hydrogen-bond donors (Lipinski definition) is 1. The Morgan fingerprint density at radius 1 is 1.50 bits per heavy atom. The molecule has 0 unspecified atom stereocenters. The molecule has 0 amide bonds. The van der Waals surface area contributed by atoms with Crippen molar-refractivity contribution in [3.8, 4) is 6.07 Å². The van der Waals surface area contributed by atoms with Gasteiger partial charge in [0, 0.05) is 18.7 Å². The minimum Gasteiger partial charge on any atom is -0.439 e. The molecule has 1 aromatic carbocycles. The number of nitrogens with zero attached hydrogens (tertiary/aromatic N) is 3. The van der Waals surface area contributed by atoms with Crippen LogP contribution < -0.4 is 5.73 Å². The molecule has 0 spiro atoms. The Labute approximate surface area is 106 Å². The summed E-state index contributed by atoms with van der Waals surface area (Å²) in [5.41, 5.74) is 7.90. The first-order valence-electron chi connectivity index (χ1n) is 5.97. The molecule has 1 heterocycles. The number of benzene rings is 1. The predicted molar refractivity (Wildman–Crippen MR) is 69.6 cm³/mol. The summed E-state index contributed by atoms with van der Waals surface area (Å²) >= 11 is 0. The van der Waals surface area contributed by atoms with E-state index in [1.54, 1.807) is 12.1 Å². The molecule has 0 saturated carbocycles. The number of anilines is 1. The summed E-state index contributed by atoms with van der Waals surface area (Å²) in [7, 11) is 0. The first-order chi connectivity index (χ1) is 8.72. The lowest BCUT2D eigenvalue weighted by molar-refractivity contribution is 0.259. The van der Waals surface area contributed by atoms with Crippen LogP contribution in [0.25, 0.3) is 11.1 Å². The Hall–Kier alpha value is -2.06. The van der Waals surface area contributed by atoms with Crippen molar-refractivity contribution >= 4 is 16.8 Å². The van der Waals surface area contributed by atoms with Crippen molar-refractivity contribution in [1.29, 1.82) is 5.26 Å². The Kier molecular flexibility index (Phi) is 3.80. The van der Waals surface area contributed by atoms with Gasteiger partial charge in [-0.05, 0) is 24.7 Å². The summed E-state index contributed by atoms with van der Waals surface area (Å²) in [6.45, 7) is 4.27. The first kappa shape index (κ1) is 12.4. The van der Waals surface area contributed by atoms with Gasteiger partial charge in [-0.3, -0.25) is 4.90 Å². The van der Waals surface area contributed by atoms with Crippen LogP contribution in [0.5, 0.6) is 0 Å². The fourth-order valence-corrected chi connectivity index (χ4v) is 1.81. The molecule has 0 aliphatic heterocycles. The Morgan fingerprint density at radius 3 is 3.06 bits per heavy atom. The number of nitriles is 1. The van der Waals surface area contributed by atoms with Crippen LogP contribution in [0.3, 0.4) is 0 Å². The molecular formula is C13H16N4O. The highest BCUT2D eigenvalue weighted by molar-refractivity contribution is 5.76. The number of nitrogen functional groups attached to an aromatic ring is 1. The molecule has 0 saturated heterocycles. The van der Waals surface area contributed by atoms with E-state index < -0.39 is 0 Å². The topological polar surface area (TPSA) is 79.1 Å². The SMILES string of the molecule is CCN(CCC#N)Cc1nc2cc(N)ccc2o1. The molecule has 5 heteroatoms. The summed E-state index contributed by atoms with van der Waals surface area (Å²) in [6.07, 6.45) is 0.515. The van der Waals surface area contributed by atoms with Gasteiger partial charge in [0.05, 0.1) is 12.6 Å². The standard InChI is InChI=1S/C13H16N4O/c1-2-17(7-3-6-14)9-13-16-11-8-10(15)4-5-12(11)18-13/h4-5,8H,2-3,7,9,15H2,1H3. The maximum absolute atomic E-state index is 8.59. The lowest BCUT2D eigenvalue weighted by Gasteiger charge is -2.16. The third-order valence-corrected chi connectivity index (χ3v) is 2.80. The van der Waals surface area contributed by atoms with Gasteiger partial charge in [-0.15, -0.1) is 0 Å². The van der Waals surface area contributed by atoms with Crippen LogP contribution in [-0.4, -0.2) is 23.0 Å². The second kappa shape index (κ2) is 5.52. The molecule has 2 aromatic rings. The zero-order valence-corrected chi connectivity index (χ0v) is 10.4. The molecule has 94 valence electrons. The van der Waals surface area contributed by atoms with Gasteiger partial charge in [0.1, 0.15) is 5.52 Å². The number of rotatable bonds is 5. The van der Waals surface area contributed by atoms with Gasteiger partial charge in [0.25, 0.3) is 0 Å². The quantitative estimate of drug-likeness (QED) is 0.815. The van der Waals surface area contributed by atoms with Crippen molar-refractivity contribution in [2.45, 2.75) is 19.9 Å². The number of oxazole rings is 1. The van der Waals surface area contributed by atoms with Gasteiger partial charge in [0.15, 0.2) is 5.58 Å². The van der Waals surface area contributed by atoms with Crippen molar-refractivity contribution in [2.24, 2.45) is 0 Å². The van der Waals surface area contributed by atoms with Crippen molar-refractivity contribution in [3.05, 3.63) is 24.1 Å². The fourth-order valence-electron chi connectivity index (χ4n) is 1.81. The van der Waals surface area contributed by atoms with Gasteiger partial charge in [-0.25, -0.2) is 4.98 Å². The van der Waals surface area contributed by atoms with Crippen LogP contribution in [0.1, 0.15) is 19.2 Å². The predicted octanol–water partition coefficient (Wildman–Crippen LogP) is 2.15. The Morgan fingerprint density at radius 2 is 2.33 bits per heavy atom. The Bertz CT molecular complexity index is 570. The maximum Gasteiger partial charge on any atom is 0.209 e. The summed E-state index contributed by atoms with van der Waals surface area (Å²) in [4.78, 5) is 6.52. The van der Waals surface area contributed by atoms with Crippen LogP contribution in [-0.2, 0) is 6.54 Å². The summed E-state index contributed by atoms with van der Waals surface area (Å²) in [6, 6.07) is 7.56. The van der Waals surface area contributed by atoms with Gasteiger partial charge in [-0.1, -0.05) is 6.92 Å². The van der Waals surface area contributed by atoms with Crippen LogP contribution in [0.2, 0.25) is 0 Å². The highest BCUT2D eigenvalue weighted by atomic mass is 16.3. The van der Waals surface area contributed by atoms with Crippen LogP contribution in [0.15, 0.2) is 22.6 Å². The number of hydrogen-bond acceptors (Lipinski definition) is 5. The average Bonchev–Trinajstić information content (AvgIpc) is 2.75. The maximum atomic E-state index is 8.59. The van der Waals surface area contributed by atoms with Gasteiger partial charge >= 0.3 is 0 Å². The second-order valence-corrected chi connectivity index (χ2v) is 4.11. The minimum absolute atomic E-state index is 0.515. The van der Waals surface area contributed by atoms with Crippen molar-refractivity contribution in [1.82, 2.24) is 9.88 Å². The molecule has 1 aromatic heterocycles. The zero-order valence-electron chi connectivity index (χ0n) is 10.4. The van der Waals surface area contributed by atoms with Crippen molar-refractivity contribution < 1.29 is 4.42 Å². The summed E-state index contributed by atoms with van der Waals surface area (Å²) < 4.78 is 5.64. The lowest BCUT2D eigenvalue weighted by atomic mass is 10.3. The normalized spacial score (nSPS) is 10.9. The molecule has 0 bridgehead atoms. The molecular weight excluding hydrogens is 228 g/mol. The molecule has 2 rings (SSSR count). The van der Waals surface area contributed by atoms with Crippen molar-refractivity contribution in [3.63, 3.8) is 0 Å². The smallest absolute Gasteiger partial charge is 0.209 e. The molecule has 0 radical (unpaired) electrons. The van der Waals surface area contributed by atoms with E-state index >= 15 is 0 Å². The van der Waals surface area contributed by atoms with Crippen molar-refractivity contribution in [2.75, 3.05) is 18.8 Å². The van der Waals surface area contributed by atoms with E-state index in [2.05, 4.69) is 22.9 Å². The molecule has 0 aliphatic carbocycles. The number of fused-ring (bicyclic) bond motifs is 1. The van der Waals surface area contributed by atoms with Gasteiger partial charge in [0.2, 0.25) is 5.89 Å². The summed E-state index contributed by atoms with van der Waals surface area (Å²) in [5, 5.41) is 8.59. The van der Waals surface area contributed by atoms with E-state index in [4.69, 9.17) is 15.4 Å². The first-order valence-corrected chi connectivity index (χ1v) is 5.97. The minimum atomic E-state index is 0.515. The second-order valence-electron chi connectivity index (χ2n) is 4.11. The van der Waals surface area contributed by atoms with E-state index in [-0.39, 0.29) is 0 Å². The molecule has 0 atom stereocenters. The third kappa shape index (κ3) is 2.79. The van der Waals surface area contributed by atoms with Gasteiger partial charge in [-0.2, -0.15) is 5.26 Å². The molecule has 0 fully saturated rings. The highest BCUT2D eigenvalue weighted by Gasteiger charge is 2.10. The summed E-state index contributed by atoms with van der Waals surface area (Å²) in [5.74, 6) is 0.662. The highest BCUT2D eigenvalue weighted by Crippen LogP contribution is 2.19. The van der Waals surface area contributed by atoms with E-state index in [0.717, 1.165) is 24.2 Å². The molecule has 18 heavy (non-hydrogen) atoms. The van der Waals surface area contributed by atoms with E-state index in [1.165, 1.54) is 0 Å². The van der Waals surface area contributed by atoms with E-state index in [9.17, 15) is 0 Å². The molecule has 2 N–H and O–H groups in total. The third-order valence-electron chi connectivity index (χ3n) is 2.80. The largest absolute Gasteiger partial charge is 0.439 e. The van der Waals surface area contributed by atoms with E-state index in [0.29, 0.717) is 24.5 Å². The van der Waals surface area contributed by atoms with E-state index in [1.807, 2.05) is 6.07 Å². The van der Waals surface area contributed by atoms with Gasteiger partial charge < -0.3 is 10.2 Å². The Balaban J connectivity index is 2.13. The number of aromatic nitrogens is 1. The fraction of sp³-hybridized carbons (Fsp3) is 0.385. The van der Waals surface area contributed by atoms with Crippen LogP contribution in [0, 0.1) is 11.3 Å². The van der Waals surface area contributed by atoms with Crippen LogP contribution >= 0.6 is 0 Å². The molecule has 0 aliphatic rings. The zero-order chi connectivity index (χ0) is 13.0. The molecule has 5 nitrogen and oxygen atoms in total. The average molecular weight is 244 g/mol. The lowest BCUT2D eigenvalue weighted by Crippen LogP contribution is -2.23. The monoisotopic (exact) mass is 244 g/mol.